The van der Waals surface area contributed by atoms with Gasteiger partial charge in [-0.05, 0) is 12.8 Å². The second-order valence-electron chi connectivity index (χ2n) is 3.86. The van der Waals surface area contributed by atoms with Crippen LogP contribution in [-0.4, -0.2) is 23.0 Å². The largest absolute Gasteiger partial charge is 0.409 e. The van der Waals surface area contributed by atoms with E-state index in [2.05, 4.69) is 17.4 Å². The van der Waals surface area contributed by atoms with Crippen molar-refractivity contribution in [3.05, 3.63) is 0 Å². The zero-order valence-electron chi connectivity index (χ0n) is 10.2. The number of hydrogen-bond acceptors (Lipinski definition) is 3. The smallest absolute Gasteiger partial charge is 0.220 e. The molecule has 1 unspecified atom stereocenters. The van der Waals surface area contributed by atoms with Gasteiger partial charge in [0.05, 0.1) is 6.04 Å². The minimum Gasteiger partial charge on any atom is -0.409 e. The number of hydrogen-bond donors (Lipinski definition) is 3. The molecule has 94 valence electrons. The topological polar surface area (TPSA) is 87.7 Å². The van der Waals surface area contributed by atoms with E-state index in [4.69, 9.17) is 10.9 Å². The third-order valence-corrected chi connectivity index (χ3v) is 2.47. The maximum atomic E-state index is 11.5. The summed E-state index contributed by atoms with van der Waals surface area (Å²) in [7, 11) is 0. The molecule has 0 fully saturated rings. The molecule has 0 aliphatic heterocycles. The lowest BCUT2D eigenvalue weighted by molar-refractivity contribution is -0.121. The van der Waals surface area contributed by atoms with Crippen molar-refractivity contribution in [3.63, 3.8) is 0 Å². The van der Waals surface area contributed by atoms with Gasteiger partial charge in [-0.25, -0.2) is 0 Å². The Morgan fingerprint density at radius 2 is 2.06 bits per heavy atom. The Kier molecular flexibility index (Phi) is 8.29. The monoisotopic (exact) mass is 229 g/mol. The van der Waals surface area contributed by atoms with Crippen molar-refractivity contribution in [1.29, 1.82) is 0 Å². The van der Waals surface area contributed by atoms with Crippen LogP contribution in [0.5, 0.6) is 0 Å². The van der Waals surface area contributed by atoms with E-state index in [0.717, 1.165) is 25.7 Å². The van der Waals surface area contributed by atoms with Crippen LogP contribution in [0.25, 0.3) is 0 Å². The molecule has 4 N–H and O–H groups in total. The molecule has 0 spiro atoms. The maximum Gasteiger partial charge on any atom is 0.220 e. The second kappa shape index (κ2) is 9.00. The van der Waals surface area contributed by atoms with Gasteiger partial charge in [0.2, 0.25) is 5.91 Å². The lowest BCUT2D eigenvalue weighted by Gasteiger charge is -2.15. The zero-order chi connectivity index (χ0) is 12.4. The van der Waals surface area contributed by atoms with Gasteiger partial charge in [-0.15, -0.1) is 0 Å². The van der Waals surface area contributed by atoms with E-state index in [1.165, 1.54) is 0 Å². The molecule has 0 aromatic rings. The van der Waals surface area contributed by atoms with Gasteiger partial charge in [0.1, 0.15) is 0 Å². The van der Waals surface area contributed by atoms with Gasteiger partial charge in [-0.2, -0.15) is 0 Å². The summed E-state index contributed by atoms with van der Waals surface area (Å²) >= 11 is 0. The average molecular weight is 229 g/mol. The quantitative estimate of drug-likeness (QED) is 0.194. The van der Waals surface area contributed by atoms with Crippen LogP contribution < -0.4 is 11.1 Å². The molecule has 0 aliphatic carbocycles. The van der Waals surface area contributed by atoms with Crippen LogP contribution in [0.1, 0.15) is 52.4 Å². The van der Waals surface area contributed by atoms with Gasteiger partial charge in [0.25, 0.3) is 0 Å². The first-order chi connectivity index (χ1) is 7.65. The fraction of sp³-hybridized carbons (Fsp3) is 0.818. The zero-order valence-corrected chi connectivity index (χ0v) is 10.2. The van der Waals surface area contributed by atoms with Gasteiger partial charge >= 0.3 is 0 Å². The average Bonchev–Trinajstić information content (AvgIpc) is 2.30. The van der Waals surface area contributed by atoms with E-state index in [1.807, 2.05) is 6.92 Å². The van der Waals surface area contributed by atoms with Gasteiger partial charge in [-0.1, -0.05) is 38.3 Å². The Balaban J connectivity index is 3.84. The summed E-state index contributed by atoms with van der Waals surface area (Å²) in [5, 5.41) is 14.1. The van der Waals surface area contributed by atoms with Crippen LogP contribution >= 0.6 is 0 Å². The van der Waals surface area contributed by atoms with Crippen molar-refractivity contribution in [2.45, 2.75) is 58.4 Å². The summed E-state index contributed by atoms with van der Waals surface area (Å²) < 4.78 is 0. The Hall–Kier alpha value is -1.26. The first-order valence-electron chi connectivity index (χ1n) is 5.92. The highest BCUT2D eigenvalue weighted by atomic mass is 16.4. The van der Waals surface area contributed by atoms with E-state index >= 15 is 0 Å². The number of amidine groups is 1. The lowest BCUT2D eigenvalue weighted by Crippen LogP contribution is -2.44. The molecule has 0 radical (unpaired) electrons. The molecule has 0 aromatic heterocycles. The number of carbonyl (C=O) groups excluding carboxylic acids is 1. The number of nitrogens with one attached hydrogen (secondary N) is 1. The SMILES string of the molecule is CCCCCCC(=O)NC(CC)C(N)=NO. The van der Waals surface area contributed by atoms with E-state index in [0.29, 0.717) is 12.8 Å². The molecular weight excluding hydrogens is 206 g/mol. The molecule has 1 amide bonds. The predicted molar refractivity (Wildman–Crippen MR) is 64.4 cm³/mol. The summed E-state index contributed by atoms with van der Waals surface area (Å²) in [5.74, 6) is 0.0268. The standard InChI is InChI=1S/C11H23N3O2/c1-3-5-6-7-8-10(15)13-9(4-2)11(12)14-16/h9,16H,3-8H2,1-2H3,(H2,12,14)(H,13,15). The van der Waals surface area contributed by atoms with Crippen molar-refractivity contribution < 1.29 is 10.0 Å². The number of rotatable bonds is 8. The van der Waals surface area contributed by atoms with Crippen LogP contribution in [0.2, 0.25) is 0 Å². The van der Waals surface area contributed by atoms with Crippen LogP contribution in [0.3, 0.4) is 0 Å². The van der Waals surface area contributed by atoms with Crippen molar-refractivity contribution in [1.82, 2.24) is 5.32 Å². The summed E-state index contributed by atoms with van der Waals surface area (Å²) in [4.78, 5) is 11.5. The summed E-state index contributed by atoms with van der Waals surface area (Å²) in [6.07, 6.45) is 5.41. The van der Waals surface area contributed by atoms with Gasteiger partial charge in [0.15, 0.2) is 5.84 Å². The van der Waals surface area contributed by atoms with E-state index < -0.39 is 0 Å². The molecule has 0 heterocycles. The molecule has 5 heteroatoms. The van der Waals surface area contributed by atoms with Crippen molar-refractivity contribution in [2.75, 3.05) is 0 Å². The Labute approximate surface area is 97.1 Å². The first-order valence-corrected chi connectivity index (χ1v) is 5.92. The fourth-order valence-corrected chi connectivity index (χ4v) is 1.43. The fourth-order valence-electron chi connectivity index (χ4n) is 1.43. The van der Waals surface area contributed by atoms with E-state index in [-0.39, 0.29) is 17.8 Å². The molecule has 0 saturated heterocycles. The van der Waals surface area contributed by atoms with Crippen LogP contribution in [0.15, 0.2) is 5.16 Å². The highest BCUT2D eigenvalue weighted by molar-refractivity contribution is 5.89. The van der Waals surface area contributed by atoms with Crippen molar-refractivity contribution in [3.8, 4) is 0 Å². The van der Waals surface area contributed by atoms with Crippen LogP contribution in [0.4, 0.5) is 0 Å². The molecule has 0 rings (SSSR count). The second-order valence-corrected chi connectivity index (χ2v) is 3.86. The number of amides is 1. The number of oxime groups is 1. The molecule has 1 atom stereocenters. The van der Waals surface area contributed by atoms with Crippen LogP contribution in [0, 0.1) is 0 Å². The Morgan fingerprint density at radius 1 is 1.38 bits per heavy atom. The number of unbranched alkanes of at least 4 members (excludes halogenated alkanes) is 3. The minimum atomic E-state index is -0.358. The lowest BCUT2D eigenvalue weighted by atomic mass is 10.1. The van der Waals surface area contributed by atoms with Crippen LogP contribution in [-0.2, 0) is 4.79 Å². The maximum absolute atomic E-state index is 11.5. The third kappa shape index (κ3) is 6.27. The number of carbonyl (C=O) groups is 1. The molecule has 0 aliphatic rings. The number of nitrogens with zero attached hydrogens (tertiary/aromatic N) is 1. The van der Waals surface area contributed by atoms with Gasteiger partial charge < -0.3 is 16.3 Å². The van der Waals surface area contributed by atoms with Gasteiger partial charge in [-0.3, -0.25) is 4.79 Å². The van der Waals surface area contributed by atoms with E-state index in [1.54, 1.807) is 0 Å². The summed E-state index contributed by atoms with van der Waals surface area (Å²) in [6, 6.07) is -0.358. The number of nitrogens with two attached hydrogens (primary N) is 1. The molecule has 0 bridgehead atoms. The van der Waals surface area contributed by atoms with Crippen molar-refractivity contribution in [2.24, 2.45) is 10.9 Å². The molecule has 0 aromatic carbocycles. The summed E-state index contributed by atoms with van der Waals surface area (Å²) in [6.45, 7) is 4.01. The molecule has 0 saturated carbocycles. The predicted octanol–water partition coefficient (Wildman–Crippen LogP) is 1.60. The molecular formula is C11H23N3O2. The Bertz CT molecular complexity index is 229. The normalized spacial score (nSPS) is 13.5. The minimum absolute atomic E-state index is 0.0328. The highest BCUT2D eigenvalue weighted by Crippen LogP contribution is 2.02. The summed E-state index contributed by atoms with van der Waals surface area (Å²) in [5.41, 5.74) is 5.44. The first kappa shape index (κ1) is 14.7. The Morgan fingerprint density at radius 3 is 2.56 bits per heavy atom. The molecule has 5 nitrogen and oxygen atoms in total. The third-order valence-electron chi connectivity index (χ3n) is 2.47. The van der Waals surface area contributed by atoms with E-state index in [9.17, 15) is 4.79 Å². The van der Waals surface area contributed by atoms with Crippen molar-refractivity contribution >= 4 is 11.7 Å². The van der Waals surface area contributed by atoms with Gasteiger partial charge in [0, 0.05) is 6.42 Å². The molecule has 16 heavy (non-hydrogen) atoms. The highest BCUT2D eigenvalue weighted by Gasteiger charge is 2.13.